The first-order valence-corrected chi connectivity index (χ1v) is 7.77. The van der Waals surface area contributed by atoms with Crippen molar-refractivity contribution in [3.8, 4) is 0 Å². The summed E-state index contributed by atoms with van der Waals surface area (Å²) >= 11 is 0. The van der Waals surface area contributed by atoms with Crippen LogP contribution in [0.5, 0.6) is 0 Å². The molecule has 0 saturated carbocycles. The highest BCUT2D eigenvalue weighted by atomic mass is 16.3. The van der Waals surface area contributed by atoms with Crippen molar-refractivity contribution < 1.29 is 4.42 Å². The van der Waals surface area contributed by atoms with Gasteiger partial charge >= 0.3 is 0 Å². The van der Waals surface area contributed by atoms with Gasteiger partial charge in [-0.05, 0) is 43.7 Å². The first kappa shape index (κ1) is 15.6. The predicted molar refractivity (Wildman–Crippen MR) is 88.4 cm³/mol. The van der Waals surface area contributed by atoms with E-state index in [1.165, 1.54) is 5.69 Å². The molecule has 3 nitrogen and oxygen atoms in total. The van der Waals surface area contributed by atoms with Crippen LogP contribution in [0.25, 0.3) is 0 Å². The number of para-hydroxylation sites is 1. The van der Waals surface area contributed by atoms with E-state index in [1.54, 1.807) is 0 Å². The lowest BCUT2D eigenvalue weighted by Gasteiger charge is -2.21. The Morgan fingerprint density at radius 2 is 1.76 bits per heavy atom. The van der Waals surface area contributed by atoms with Gasteiger partial charge in [0.2, 0.25) is 0 Å². The van der Waals surface area contributed by atoms with Crippen LogP contribution in [0.15, 0.2) is 46.9 Å². The molecule has 0 aliphatic carbocycles. The zero-order valence-electron chi connectivity index (χ0n) is 13.3. The lowest BCUT2D eigenvalue weighted by atomic mass is 10.2. The van der Waals surface area contributed by atoms with Crippen molar-refractivity contribution in [2.24, 2.45) is 5.92 Å². The van der Waals surface area contributed by atoms with Crippen molar-refractivity contribution in [2.45, 2.75) is 33.9 Å². The minimum absolute atomic E-state index is 0.660. The molecule has 0 aliphatic heterocycles. The van der Waals surface area contributed by atoms with E-state index >= 15 is 0 Å². The Labute approximate surface area is 128 Å². The summed E-state index contributed by atoms with van der Waals surface area (Å²) in [6, 6.07) is 14.6. The lowest BCUT2D eigenvalue weighted by Crippen LogP contribution is -2.21. The van der Waals surface area contributed by atoms with Gasteiger partial charge in [-0.15, -0.1) is 0 Å². The molecule has 0 aliphatic rings. The third-order valence-electron chi connectivity index (χ3n) is 3.42. The quantitative estimate of drug-likeness (QED) is 0.793. The molecular formula is C18H26N2O. The fourth-order valence-electron chi connectivity index (χ4n) is 2.30. The highest BCUT2D eigenvalue weighted by molar-refractivity contribution is 5.45. The normalized spacial score (nSPS) is 11.0. The molecule has 1 aromatic carbocycles. The van der Waals surface area contributed by atoms with Crippen LogP contribution >= 0.6 is 0 Å². The average molecular weight is 286 g/mol. The van der Waals surface area contributed by atoms with E-state index in [2.05, 4.69) is 67.4 Å². The van der Waals surface area contributed by atoms with Gasteiger partial charge in [0.15, 0.2) is 0 Å². The first-order chi connectivity index (χ1) is 10.2. The molecule has 0 saturated heterocycles. The van der Waals surface area contributed by atoms with Crippen LogP contribution in [-0.4, -0.2) is 13.1 Å². The third kappa shape index (κ3) is 4.94. The van der Waals surface area contributed by atoms with Gasteiger partial charge in [-0.2, -0.15) is 0 Å². The monoisotopic (exact) mass is 286 g/mol. The molecule has 0 unspecified atom stereocenters. The van der Waals surface area contributed by atoms with Gasteiger partial charge in [0.25, 0.3) is 0 Å². The Hall–Kier alpha value is -1.74. The van der Waals surface area contributed by atoms with E-state index in [9.17, 15) is 0 Å². The van der Waals surface area contributed by atoms with E-state index in [4.69, 9.17) is 4.42 Å². The van der Waals surface area contributed by atoms with E-state index in [-0.39, 0.29) is 0 Å². The predicted octanol–water partition coefficient (Wildman–Crippen LogP) is 4.05. The summed E-state index contributed by atoms with van der Waals surface area (Å²) in [6.07, 6.45) is 0. The second-order valence-corrected chi connectivity index (χ2v) is 5.74. The smallest absolute Gasteiger partial charge is 0.123 e. The maximum absolute atomic E-state index is 5.92. The summed E-state index contributed by atoms with van der Waals surface area (Å²) in [7, 11) is 0. The Morgan fingerprint density at radius 3 is 2.43 bits per heavy atom. The standard InChI is InChI=1S/C18H26N2O/c1-4-20(16-8-6-5-7-9-16)14-18-11-10-17(21-18)13-19-12-15(2)3/h5-11,15,19H,4,12-14H2,1-3H3. The molecule has 1 aromatic heterocycles. The largest absolute Gasteiger partial charge is 0.463 e. The Balaban J connectivity index is 1.91. The SMILES string of the molecule is CCN(Cc1ccc(CNCC(C)C)o1)c1ccccc1. The van der Waals surface area contributed by atoms with Gasteiger partial charge in [0.1, 0.15) is 11.5 Å². The number of anilines is 1. The highest BCUT2D eigenvalue weighted by Gasteiger charge is 2.08. The highest BCUT2D eigenvalue weighted by Crippen LogP contribution is 2.17. The summed E-state index contributed by atoms with van der Waals surface area (Å²) in [5.74, 6) is 2.69. The number of nitrogens with one attached hydrogen (secondary N) is 1. The van der Waals surface area contributed by atoms with Crippen LogP contribution < -0.4 is 10.2 Å². The van der Waals surface area contributed by atoms with Crippen molar-refractivity contribution in [2.75, 3.05) is 18.0 Å². The number of furan rings is 1. The van der Waals surface area contributed by atoms with Crippen LogP contribution in [-0.2, 0) is 13.1 Å². The molecule has 1 heterocycles. The van der Waals surface area contributed by atoms with E-state index in [1.807, 2.05) is 6.07 Å². The van der Waals surface area contributed by atoms with Gasteiger partial charge in [-0.3, -0.25) is 0 Å². The zero-order chi connectivity index (χ0) is 15.1. The molecule has 1 N–H and O–H groups in total. The summed E-state index contributed by atoms with van der Waals surface area (Å²) in [5.41, 5.74) is 1.23. The number of nitrogens with zero attached hydrogens (tertiary/aromatic N) is 1. The number of hydrogen-bond acceptors (Lipinski definition) is 3. The third-order valence-corrected chi connectivity index (χ3v) is 3.42. The number of hydrogen-bond donors (Lipinski definition) is 1. The molecule has 114 valence electrons. The summed E-state index contributed by atoms with van der Waals surface area (Å²) < 4.78 is 5.92. The molecular weight excluding hydrogens is 260 g/mol. The minimum atomic E-state index is 0.660. The van der Waals surface area contributed by atoms with Gasteiger partial charge in [-0.1, -0.05) is 32.0 Å². The Kier molecular flexibility index (Phi) is 5.88. The van der Waals surface area contributed by atoms with E-state index in [0.717, 1.165) is 37.7 Å². The van der Waals surface area contributed by atoms with Crippen molar-refractivity contribution in [3.05, 3.63) is 54.0 Å². The number of benzene rings is 1. The first-order valence-electron chi connectivity index (χ1n) is 7.77. The molecule has 2 aromatic rings. The molecule has 0 atom stereocenters. The Bertz CT molecular complexity index is 519. The fraction of sp³-hybridized carbons (Fsp3) is 0.444. The van der Waals surface area contributed by atoms with E-state index < -0.39 is 0 Å². The van der Waals surface area contributed by atoms with Crippen LogP contribution in [0.2, 0.25) is 0 Å². The van der Waals surface area contributed by atoms with Crippen molar-refractivity contribution >= 4 is 5.69 Å². The van der Waals surface area contributed by atoms with Crippen LogP contribution in [0.4, 0.5) is 5.69 Å². The molecule has 0 amide bonds. The molecule has 2 rings (SSSR count). The van der Waals surface area contributed by atoms with Crippen LogP contribution in [0, 0.1) is 5.92 Å². The zero-order valence-corrected chi connectivity index (χ0v) is 13.3. The molecule has 0 bridgehead atoms. The molecule has 0 fully saturated rings. The van der Waals surface area contributed by atoms with Crippen molar-refractivity contribution in [1.82, 2.24) is 5.32 Å². The van der Waals surface area contributed by atoms with Gasteiger partial charge in [0.05, 0.1) is 13.1 Å². The molecule has 0 spiro atoms. The van der Waals surface area contributed by atoms with Crippen LogP contribution in [0.1, 0.15) is 32.3 Å². The van der Waals surface area contributed by atoms with Gasteiger partial charge < -0.3 is 14.6 Å². The Morgan fingerprint density at radius 1 is 1.05 bits per heavy atom. The number of rotatable bonds is 8. The summed E-state index contributed by atoms with van der Waals surface area (Å²) in [6.45, 7) is 10.2. The van der Waals surface area contributed by atoms with Crippen molar-refractivity contribution in [3.63, 3.8) is 0 Å². The second-order valence-electron chi connectivity index (χ2n) is 5.74. The maximum Gasteiger partial charge on any atom is 0.123 e. The van der Waals surface area contributed by atoms with Gasteiger partial charge in [0, 0.05) is 12.2 Å². The van der Waals surface area contributed by atoms with Gasteiger partial charge in [-0.25, -0.2) is 0 Å². The fourth-order valence-corrected chi connectivity index (χ4v) is 2.30. The minimum Gasteiger partial charge on any atom is -0.463 e. The molecule has 21 heavy (non-hydrogen) atoms. The molecule has 0 radical (unpaired) electrons. The van der Waals surface area contributed by atoms with Crippen molar-refractivity contribution in [1.29, 1.82) is 0 Å². The lowest BCUT2D eigenvalue weighted by molar-refractivity contribution is 0.434. The summed E-state index contributed by atoms with van der Waals surface area (Å²) in [4.78, 5) is 2.31. The summed E-state index contributed by atoms with van der Waals surface area (Å²) in [5, 5.41) is 3.41. The topological polar surface area (TPSA) is 28.4 Å². The molecule has 3 heteroatoms. The average Bonchev–Trinajstić information content (AvgIpc) is 2.93. The maximum atomic E-state index is 5.92. The van der Waals surface area contributed by atoms with E-state index in [0.29, 0.717) is 5.92 Å². The second kappa shape index (κ2) is 7.89. The van der Waals surface area contributed by atoms with Crippen LogP contribution in [0.3, 0.4) is 0 Å².